The van der Waals surface area contributed by atoms with Crippen molar-refractivity contribution in [3.63, 3.8) is 0 Å². The van der Waals surface area contributed by atoms with Gasteiger partial charge in [-0.15, -0.1) is 0 Å². The van der Waals surface area contributed by atoms with Gasteiger partial charge in [0.15, 0.2) is 0 Å². The molecule has 1 aromatic heterocycles. The highest BCUT2D eigenvalue weighted by Gasteiger charge is 2.26. The Morgan fingerprint density at radius 3 is 2.67 bits per heavy atom. The summed E-state index contributed by atoms with van der Waals surface area (Å²) in [5.74, 6) is 1.72. The molecule has 1 aliphatic rings. The molecule has 0 bridgehead atoms. The molecule has 110 valence electrons. The quantitative estimate of drug-likeness (QED) is 0.595. The number of ether oxygens (including phenoxy) is 1. The van der Waals surface area contributed by atoms with Crippen LogP contribution in [0.4, 0.5) is 5.82 Å². The highest BCUT2D eigenvalue weighted by atomic mass is 35.5. The molecule has 0 aliphatic heterocycles. The van der Waals surface area contributed by atoms with Crippen molar-refractivity contribution in [2.75, 3.05) is 11.4 Å². The number of anilines is 1. The molecule has 6 heteroatoms. The zero-order valence-corrected chi connectivity index (χ0v) is 13.3. The maximum atomic E-state index is 5.91. The van der Waals surface area contributed by atoms with Crippen molar-refractivity contribution in [1.82, 2.24) is 9.97 Å². The van der Waals surface area contributed by atoms with Crippen LogP contribution < -0.4 is 9.04 Å². The van der Waals surface area contributed by atoms with Crippen molar-refractivity contribution < 1.29 is 4.74 Å². The van der Waals surface area contributed by atoms with Gasteiger partial charge in [-0.25, -0.2) is 4.98 Å². The maximum absolute atomic E-state index is 5.91. The predicted octanol–water partition coefficient (Wildman–Crippen LogP) is 3.96. The van der Waals surface area contributed by atoms with Crippen molar-refractivity contribution in [2.24, 2.45) is 0 Å². The molecule has 1 fully saturated rings. The van der Waals surface area contributed by atoms with Crippen LogP contribution in [-0.4, -0.2) is 22.3 Å². The van der Waals surface area contributed by atoms with Crippen LogP contribution in [0.15, 0.2) is 36.5 Å². The fourth-order valence-corrected chi connectivity index (χ4v) is 3.17. The average Bonchev–Trinajstić information content (AvgIpc) is 3.31. The molecule has 1 saturated carbocycles. The Balaban J connectivity index is 1.77. The second-order valence-corrected chi connectivity index (χ2v) is 6.53. The van der Waals surface area contributed by atoms with Gasteiger partial charge in [0.05, 0.1) is 13.7 Å². The van der Waals surface area contributed by atoms with Crippen molar-refractivity contribution in [3.05, 3.63) is 47.4 Å². The van der Waals surface area contributed by atoms with Crippen LogP contribution in [0.2, 0.25) is 5.28 Å². The number of nitrogens with zero attached hydrogens (tertiary/aromatic N) is 3. The fourth-order valence-electron chi connectivity index (χ4n) is 1.89. The minimum absolute atomic E-state index is 0.281. The Kier molecular flexibility index (Phi) is 4.51. The zero-order chi connectivity index (χ0) is 14.7. The summed E-state index contributed by atoms with van der Waals surface area (Å²) in [7, 11) is 1.67. The van der Waals surface area contributed by atoms with E-state index in [4.69, 9.17) is 16.3 Å². The van der Waals surface area contributed by atoms with Gasteiger partial charge in [0, 0.05) is 17.5 Å². The lowest BCUT2D eigenvalue weighted by Crippen LogP contribution is -2.16. The molecule has 0 atom stereocenters. The third-order valence-corrected chi connectivity index (χ3v) is 4.68. The summed E-state index contributed by atoms with van der Waals surface area (Å²) in [6.07, 6.45) is 4.23. The van der Waals surface area contributed by atoms with Gasteiger partial charge < -0.3 is 4.74 Å². The van der Waals surface area contributed by atoms with E-state index < -0.39 is 0 Å². The number of aromatic nitrogens is 2. The van der Waals surface area contributed by atoms with E-state index in [1.54, 1.807) is 13.3 Å². The number of benzene rings is 1. The van der Waals surface area contributed by atoms with E-state index in [1.165, 1.54) is 18.4 Å². The summed E-state index contributed by atoms with van der Waals surface area (Å²) >= 11 is 7.74. The Morgan fingerprint density at radius 1 is 1.29 bits per heavy atom. The molecule has 0 spiro atoms. The summed E-state index contributed by atoms with van der Waals surface area (Å²) in [5.41, 5.74) is 1.21. The maximum Gasteiger partial charge on any atom is 0.224 e. The van der Waals surface area contributed by atoms with E-state index in [2.05, 4.69) is 26.4 Å². The fraction of sp³-hybridized carbons (Fsp3) is 0.333. The summed E-state index contributed by atoms with van der Waals surface area (Å²) in [4.78, 5) is 8.27. The first-order valence-electron chi connectivity index (χ1n) is 6.80. The van der Waals surface area contributed by atoms with Crippen LogP contribution >= 0.6 is 23.5 Å². The summed E-state index contributed by atoms with van der Waals surface area (Å²) in [6, 6.07) is 9.99. The number of rotatable bonds is 6. The summed E-state index contributed by atoms with van der Waals surface area (Å²) in [6.45, 7) is 0.776. The van der Waals surface area contributed by atoms with E-state index in [-0.39, 0.29) is 5.28 Å². The lowest BCUT2D eigenvalue weighted by molar-refractivity contribution is 0.414. The molecule has 3 rings (SSSR count). The van der Waals surface area contributed by atoms with Gasteiger partial charge in [-0.3, -0.25) is 4.31 Å². The van der Waals surface area contributed by atoms with Crippen LogP contribution in [-0.2, 0) is 6.54 Å². The second kappa shape index (κ2) is 6.54. The van der Waals surface area contributed by atoms with Crippen LogP contribution in [0, 0.1) is 0 Å². The topological polar surface area (TPSA) is 38.2 Å². The van der Waals surface area contributed by atoms with Gasteiger partial charge in [0.25, 0.3) is 0 Å². The first-order chi connectivity index (χ1) is 10.2. The number of hydrogen-bond acceptors (Lipinski definition) is 5. The molecule has 0 radical (unpaired) electrons. The van der Waals surface area contributed by atoms with Crippen LogP contribution in [0.3, 0.4) is 0 Å². The highest BCUT2D eigenvalue weighted by Crippen LogP contribution is 2.39. The van der Waals surface area contributed by atoms with Crippen molar-refractivity contribution in [3.8, 4) is 5.75 Å². The lowest BCUT2D eigenvalue weighted by Gasteiger charge is -2.22. The smallest absolute Gasteiger partial charge is 0.224 e. The third kappa shape index (κ3) is 4.02. The number of halogens is 1. The molecule has 0 N–H and O–H groups in total. The van der Waals surface area contributed by atoms with Crippen LogP contribution in [0.5, 0.6) is 5.75 Å². The molecule has 1 aliphatic carbocycles. The van der Waals surface area contributed by atoms with Gasteiger partial charge >= 0.3 is 0 Å². The van der Waals surface area contributed by atoms with E-state index in [0.717, 1.165) is 18.1 Å². The van der Waals surface area contributed by atoms with Gasteiger partial charge in [0.1, 0.15) is 11.6 Å². The van der Waals surface area contributed by atoms with Gasteiger partial charge in [-0.1, -0.05) is 12.1 Å². The van der Waals surface area contributed by atoms with Gasteiger partial charge in [-0.2, -0.15) is 4.98 Å². The monoisotopic (exact) mass is 321 g/mol. The second-order valence-electron chi connectivity index (χ2n) is 4.87. The molecule has 0 unspecified atom stereocenters. The summed E-state index contributed by atoms with van der Waals surface area (Å²) < 4.78 is 7.38. The Labute approximate surface area is 133 Å². The molecule has 2 aromatic rings. The van der Waals surface area contributed by atoms with Gasteiger partial charge in [0.2, 0.25) is 5.28 Å². The molecule has 4 nitrogen and oxygen atoms in total. The number of methoxy groups -OCH3 is 1. The van der Waals surface area contributed by atoms with E-state index in [0.29, 0.717) is 5.25 Å². The standard InChI is InChI=1S/C15H16ClN3OS/c1-20-12-4-2-11(3-5-12)10-19(21-13-6-7-13)14-8-9-17-15(16)18-14/h2-5,8-9,13H,6-7,10H2,1H3. The van der Waals surface area contributed by atoms with Crippen LogP contribution in [0.25, 0.3) is 0 Å². The SMILES string of the molecule is COc1ccc(CN(SC2CC2)c2ccnc(Cl)n2)cc1. The molecule has 1 aromatic carbocycles. The highest BCUT2D eigenvalue weighted by molar-refractivity contribution is 8.01. The molecular formula is C15H16ClN3OS. The largest absolute Gasteiger partial charge is 0.497 e. The minimum atomic E-state index is 0.281. The van der Waals surface area contributed by atoms with E-state index in [9.17, 15) is 0 Å². The zero-order valence-electron chi connectivity index (χ0n) is 11.7. The van der Waals surface area contributed by atoms with E-state index >= 15 is 0 Å². The Morgan fingerprint density at radius 2 is 2.05 bits per heavy atom. The van der Waals surface area contributed by atoms with Gasteiger partial charge in [-0.05, 0) is 54.1 Å². The predicted molar refractivity (Wildman–Crippen MR) is 86.8 cm³/mol. The summed E-state index contributed by atoms with van der Waals surface area (Å²) in [5, 5.41) is 0.973. The Bertz CT molecular complexity index is 604. The average molecular weight is 322 g/mol. The van der Waals surface area contributed by atoms with Crippen LogP contribution in [0.1, 0.15) is 18.4 Å². The molecule has 0 saturated heterocycles. The molecule has 0 amide bonds. The third-order valence-electron chi connectivity index (χ3n) is 3.15. The molecular weight excluding hydrogens is 306 g/mol. The molecule has 21 heavy (non-hydrogen) atoms. The molecule has 1 heterocycles. The lowest BCUT2D eigenvalue weighted by atomic mass is 10.2. The van der Waals surface area contributed by atoms with E-state index in [1.807, 2.05) is 30.1 Å². The van der Waals surface area contributed by atoms with Crippen molar-refractivity contribution in [2.45, 2.75) is 24.6 Å². The Hall–Kier alpha value is -1.46. The first-order valence-corrected chi connectivity index (χ1v) is 8.02. The first kappa shape index (κ1) is 14.5. The van der Waals surface area contributed by atoms with Crippen molar-refractivity contribution in [1.29, 1.82) is 0 Å². The normalized spacial score (nSPS) is 14.0. The number of hydrogen-bond donors (Lipinski definition) is 0. The minimum Gasteiger partial charge on any atom is -0.497 e. The van der Waals surface area contributed by atoms with Crippen molar-refractivity contribution >= 4 is 29.4 Å².